The Morgan fingerprint density at radius 1 is 1.18 bits per heavy atom. The summed E-state index contributed by atoms with van der Waals surface area (Å²) in [6.45, 7) is 3.40. The van der Waals surface area contributed by atoms with Crippen molar-refractivity contribution in [2.45, 2.75) is 38.6 Å². The van der Waals surface area contributed by atoms with Crippen LogP contribution in [0.15, 0.2) is 24.8 Å². The van der Waals surface area contributed by atoms with Crippen LogP contribution in [0.1, 0.15) is 32.1 Å². The maximum Gasteiger partial charge on any atom is 0.317 e. The highest BCUT2D eigenvalue weighted by molar-refractivity contribution is 5.74. The molecule has 6 heteroatoms. The molecule has 1 aromatic rings. The summed E-state index contributed by atoms with van der Waals surface area (Å²) in [6.07, 6.45) is 13.3. The summed E-state index contributed by atoms with van der Waals surface area (Å²) >= 11 is 0. The van der Waals surface area contributed by atoms with Gasteiger partial charge in [-0.3, -0.25) is 4.68 Å². The van der Waals surface area contributed by atoms with Crippen molar-refractivity contribution in [2.24, 2.45) is 11.8 Å². The minimum absolute atomic E-state index is 0.105. The van der Waals surface area contributed by atoms with E-state index in [0.29, 0.717) is 11.8 Å². The number of nitrogens with one attached hydrogen (secondary N) is 1. The van der Waals surface area contributed by atoms with Gasteiger partial charge in [-0.15, -0.1) is 0 Å². The summed E-state index contributed by atoms with van der Waals surface area (Å²) in [4.78, 5) is 18.2. The van der Waals surface area contributed by atoms with Gasteiger partial charge < -0.3 is 10.2 Å². The molecular weight excluding hydrogens is 278 g/mol. The lowest BCUT2D eigenvalue weighted by Gasteiger charge is -2.32. The number of aromatic nitrogens is 3. The second-order valence-corrected chi connectivity index (χ2v) is 6.38. The van der Waals surface area contributed by atoms with Crippen molar-refractivity contribution in [3.63, 3.8) is 0 Å². The molecule has 0 saturated carbocycles. The van der Waals surface area contributed by atoms with Crippen molar-refractivity contribution < 1.29 is 4.79 Å². The van der Waals surface area contributed by atoms with Gasteiger partial charge in [0.25, 0.3) is 0 Å². The van der Waals surface area contributed by atoms with Crippen molar-refractivity contribution in [2.75, 3.05) is 19.6 Å². The molecule has 0 spiro atoms. The van der Waals surface area contributed by atoms with Gasteiger partial charge in [-0.25, -0.2) is 9.78 Å². The molecule has 3 rings (SSSR count). The lowest BCUT2D eigenvalue weighted by atomic mass is 9.94. The summed E-state index contributed by atoms with van der Waals surface area (Å²) < 4.78 is 1.89. The third kappa shape index (κ3) is 4.08. The average molecular weight is 303 g/mol. The molecule has 0 bridgehead atoms. The van der Waals surface area contributed by atoms with Gasteiger partial charge >= 0.3 is 6.03 Å². The number of piperidine rings is 1. The Balaban J connectivity index is 1.37. The van der Waals surface area contributed by atoms with Crippen LogP contribution in [-0.2, 0) is 6.54 Å². The van der Waals surface area contributed by atoms with E-state index >= 15 is 0 Å². The maximum atomic E-state index is 12.2. The Labute approximate surface area is 131 Å². The van der Waals surface area contributed by atoms with E-state index in [4.69, 9.17) is 0 Å². The first-order chi connectivity index (χ1) is 10.8. The smallest absolute Gasteiger partial charge is 0.317 e. The Morgan fingerprint density at radius 2 is 2.05 bits per heavy atom. The number of hydrogen-bond acceptors (Lipinski definition) is 3. The predicted octanol–water partition coefficient (Wildman–Crippen LogP) is 2.06. The number of hydrogen-bond donors (Lipinski definition) is 1. The maximum absolute atomic E-state index is 12.2. The number of likely N-dealkylation sites (tertiary alicyclic amines) is 1. The summed E-state index contributed by atoms with van der Waals surface area (Å²) in [7, 11) is 0. The molecule has 2 amide bonds. The van der Waals surface area contributed by atoms with Crippen LogP contribution in [0.2, 0.25) is 0 Å². The largest absolute Gasteiger partial charge is 0.338 e. The molecule has 1 aromatic heterocycles. The van der Waals surface area contributed by atoms with Crippen LogP contribution < -0.4 is 5.32 Å². The quantitative estimate of drug-likeness (QED) is 0.866. The van der Waals surface area contributed by atoms with Crippen LogP contribution >= 0.6 is 0 Å². The highest BCUT2D eigenvalue weighted by atomic mass is 16.2. The molecule has 0 unspecified atom stereocenters. The minimum atomic E-state index is 0.105. The number of carbonyl (C=O) groups is 1. The Bertz CT molecular complexity index is 491. The van der Waals surface area contributed by atoms with Gasteiger partial charge in [0.05, 0.1) is 0 Å². The van der Waals surface area contributed by atoms with Gasteiger partial charge in [0, 0.05) is 26.2 Å². The van der Waals surface area contributed by atoms with E-state index < -0.39 is 0 Å². The number of allylic oxidation sites excluding steroid dienone is 2. The van der Waals surface area contributed by atoms with Gasteiger partial charge in [-0.05, 0) is 43.9 Å². The lowest BCUT2D eigenvalue weighted by Crippen LogP contribution is -2.46. The highest BCUT2D eigenvalue weighted by Crippen LogP contribution is 2.20. The first kappa shape index (κ1) is 15.1. The van der Waals surface area contributed by atoms with Crippen LogP contribution in [0.3, 0.4) is 0 Å². The van der Waals surface area contributed by atoms with Gasteiger partial charge in [0.2, 0.25) is 0 Å². The van der Waals surface area contributed by atoms with E-state index in [0.717, 1.165) is 51.9 Å². The normalized spacial score (nSPS) is 22.7. The van der Waals surface area contributed by atoms with Crippen LogP contribution in [0.5, 0.6) is 0 Å². The van der Waals surface area contributed by atoms with Crippen molar-refractivity contribution in [1.29, 1.82) is 0 Å². The van der Waals surface area contributed by atoms with E-state index in [-0.39, 0.29) is 6.03 Å². The molecule has 2 heterocycles. The van der Waals surface area contributed by atoms with Crippen molar-refractivity contribution in [3.05, 3.63) is 24.8 Å². The number of carbonyl (C=O) groups excluding carboxylic acids is 1. The van der Waals surface area contributed by atoms with E-state index in [1.165, 1.54) is 6.42 Å². The number of nitrogens with zero attached hydrogens (tertiary/aromatic N) is 4. The fourth-order valence-electron chi connectivity index (χ4n) is 3.30. The second-order valence-electron chi connectivity index (χ2n) is 6.38. The molecular formula is C16H25N5O. The second kappa shape index (κ2) is 7.42. The van der Waals surface area contributed by atoms with Crippen molar-refractivity contribution in [1.82, 2.24) is 25.0 Å². The van der Waals surface area contributed by atoms with E-state index in [1.807, 2.05) is 9.58 Å². The fraction of sp³-hybridized carbons (Fsp3) is 0.688. The molecule has 1 aliphatic heterocycles. The monoisotopic (exact) mass is 303 g/mol. The third-order valence-corrected chi connectivity index (χ3v) is 4.73. The average Bonchev–Trinajstić information content (AvgIpc) is 3.07. The number of amides is 2. The molecule has 22 heavy (non-hydrogen) atoms. The molecule has 120 valence electrons. The van der Waals surface area contributed by atoms with Gasteiger partial charge in [-0.1, -0.05) is 12.2 Å². The zero-order valence-corrected chi connectivity index (χ0v) is 13.0. The predicted molar refractivity (Wildman–Crippen MR) is 84.2 cm³/mol. The van der Waals surface area contributed by atoms with Crippen molar-refractivity contribution >= 4 is 6.03 Å². The number of rotatable bonds is 4. The molecule has 1 atom stereocenters. The van der Waals surface area contributed by atoms with Crippen LogP contribution in [-0.4, -0.2) is 45.3 Å². The highest BCUT2D eigenvalue weighted by Gasteiger charge is 2.23. The summed E-state index contributed by atoms with van der Waals surface area (Å²) in [5, 5.41) is 7.26. The first-order valence-corrected chi connectivity index (χ1v) is 8.31. The molecule has 1 aliphatic carbocycles. The van der Waals surface area contributed by atoms with Crippen LogP contribution in [0.25, 0.3) is 0 Å². The zero-order chi connectivity index (χ0) is 15.2. The topological polar surface area (TPSA) is 63.1 Å². The minimum Gasteiger partial charge on any atom is -0.338 e. The van der Waals surface area contributed by atoms with Gasteiger partial charge in [0.1, 0.15) is 12.7 Å². The molecule has 2 aliphatic rings. The molecule has 0 radical (unpaired) electrons. The molecule has 1 saturated heterocycles. The fourth-order valence-corrected chi connectivity index (χ4v) is 3.30. The number of urea groups is 1. The summed E-state index contributed by atoms with van der Waals surface area (Å²) in [6, 6.07) is 0.105. The Hall–Kier alpha value is -1.85. The van der Waals surface area contributed by atoms with Gasteiger partial charge in [0.15, 0.2) is 0 Å². The summed E-state index contributed by atoms with van der Waals surface area (Å²) in [5.74, 6) is 1.20. The third-order valence-electron chi connectivity index (χ3n) is 4.73. The first-order valence-electron chi connectivity index (χ1n) is 8.31. The van der Waals surface area contributed by atoms with Crippen LogP contribution in [0.4, 0.5) is 4.79 Å². The molecule has 0 aromatic carbocycles. The molecule has 1 N–H and O–H groups in total. The van der Waals surface area contributed by atoms with Gasteiger partial charge in [-0.2, -0.15) is 5.10 Å². The SMILES string of the molecule is O=C(NC[C@H]1CC=CCC1)N1CCC(Cn2cncn2)CC1. The lowest BCUT2D eigenvalue weighted by molar-refractivity contribution is 0.162. The van der Waals surface area contributed by atoms with Crippen LogP contribution in [0, 0.1) is 11.8 Å². The standard InChI is InChI=1S/C16H25N5O/c22-16(18-10-14-4-2-1-3-5-14)20-8-6-15(7-9-20)11-21-13-17-12-19-21/h1-2,12-15H,3-11H2,(H,18,22)/t14-/m0/s1. The molecule has 1 fully saturated rings. The Kier molecular flexibility index (Phi) is 5.08. The molecule has 6 nitrogen and oxygen atoms in total. The van der Waals surface area contributed by atoms with E-state index in [1.54, 1.807) is 12.7 Å². The van der Waals surface area contributed by atoms with E-state index in [9.17, 15) is 4.79 Å². The zero-order valence-electron chi connectivity index (χ0n) is 13.0. The van der Waals surface area contributed by atoms with Crippen molar-refractivity contribution in [3.8, 4) is 0 Å². The summed E-state index contributed by atoms with van der Waals surface area (Å²) in [5.41, 5.74) is 0. The Morgan fingerprint density at radius 3 is 2.73 bits per heavy atom. The van der Waals surface area contributed by atoms with E-state index in [2.05, 4.69) is 27.6 Å².